The van der Waals surface area contributed by atoms with Gasteiger partial charge >= 0.3 is 6.09 Å². The fourth-order valence-corrected chi connectivity index (χ4v) is 3.63. The molecular formula is C18H29NO5. The van der Waals surface area contributed by atoms with Crippen LogP contribution in [0.4, 0.5) is 4.79 Å². The number of amides is 1. The van der Waals surface area contributed by atoms with Crippen LogP contribution in [0.1, 0.15) is 48.0 Å². The number of rotatable bonds is 3. The Hall–Kier alpha value is -1.40. The highest BCUT2D eigenvalue weighted by Crippen LogP contribution is 2.46. The van der Waals surface area contributed by atoms with Gasteiger partial charge in [0.15, 0.2) is 5.79 Å². The molecule has 0 bridgehead atoms. The van der Waals surface area contributed by atoms with E-state index in [2.05, 4.69) is 18.8 Å². The molecule has 5 atom stereocenters. The Labute approximate surface area is 143 Å². The molecule has 6 heteroatoms. The molecule has 0 unspecified atom stereocenters. The molecule has 136 valence electrons. The molecule has 0 aromatic carbocycles. The Kier molecular flexibility index (Phi) is 4.85. The van der Waals surface area contributed by atoms with E-state index in [1.165, 1.54) is 0 Å². The Morgan fingerprint density at radius 2 is 1.96 bits per heavy atom. The summed E-state index contributed by atoms with van der Waals surface area (Å²) in [4.78, 5) is 24.5. The third kappa shape index (κ3) is 3.49. The first-order valence-corrected chi connectivity index (χ1v) is 8.40. The molecule has 2 rings (SSSR count). The van der Waals surface area contributed by atoms with E-state index in [1.807, 2.05) is 13.8 Å². The van der Waals surface area contributed by atoms with Crippen molar-refractivity contribution >= 4 is 12.4 Å². The smallest absolute Gasteiger partial charge is 0.408 e. The first-order valence-electron chi connectivity index (χ1n) is 8.40. The van der Waals surface area contributed by atoms with Crippen molar-refractivity contribution in [2.75, 3.05) is 0 Å². The summed E-state index contributed by atoms with van der Waals surface area (Å²) in [6.45, 7) is 14.8. The van der Waals surface area contributed by atoms with Gasteiger partial charge in [0.1, 0.15) is 23.5 Å². The van der Waals surface area contributed by atoms with Crippen LogP contribution < -0.4 is 5.32 Å². The number of hydrogen-bond donors (Lipinski definition) is 1. The zero-order valence-electron chi connectivity index (χ0n) is 15.4. The Balaban J connectivity index is 2.37. The molecule has 24 heavy (non-hydrogen) atoms. The lowest BCUT2D eigenvalue weighted by Gasteiger charge is -2.47. The monoisotopic (exact) mass is 339 g/mol. The number of carbonyl (C=O) groups is 2. The summed E-state index contributed by atoms with van der Waals surface area (Å²) >= 11 is 0. The SMILES string of the molecule is C=C[C@H]1C[C@@H](C)[C@H]2OC(C)(C)O[C@H]2[C@]1(C=O)NC(=O)OC(C)(C)C. The van der Waals surface area contributed by atoms with Crippen LogP contribution in [0.15, 0.2) is 12.7 Å². The highest BCUT2D eigenvalue weighted by Gasteiger charge is 2.61. The van der Waals surface area contributed by atoms with Gasteiger partial charge in [-0.05, 0) is 47.0 Å². The molecule has 2 fully saturated rings. The first kappa shape index (κ1) is 18.9. The minimum absolute atomic E-state index is 0.174. The second-order valence-corrected chi connectivity index (χ2v) is 8.25. The molecule has 0 radical (unpaired) electrons. The molecule has 1 saturated heterocycles. The zero-order chi connectivity index (χ0) is 18.3. The average Bonchev–Trinajstić information content (AvgIpc) is 2.76. The van der Waals surface area contributed by atoms with E-state index in [4.69, 9.17) is 14.2 Å². The largest absolute Gasteiger partial charge is 0.444 e. The normalized spacial score (nSPS) is 38.1. The van der Waals surface area contributed by atoms with E-state index in [1.54, 1.807) is 26.8 Å². The summed E-state index contributed by atoms with van der Waals surface area (Å²) in [6.07, 6.45) is 1.59. The van der Waals surface area contributed by atoms with Gasteiger partial charge < -0.3 is 24.3 Å². The number of fused-ring (bicyclic) bond motifs is 1. The van der Waals surface area contributed by atoms with Gasteiger partial charge in [-0.3, -0.25) is 0 Å². The van der Waals surface area contributed by atoms with Crippen molar-refractivity contribution in [3.05, 3.63) is 12.7 Å². The van der Waals surface area contributed by atoms with Crippen LogP contribution in [-0.4, -0.2) is 41.5 Å². The second-order valence-electron chi connectivity index (χ2n) is 8.25. The summed E-state index contributed by atoms with van der Waals surface area (Å²) in [7, 11) is 0. The average molecular weight is 339 g/mol. The highest BCUT2D eigenvalue weighted by molar-refractivity contribution is 5.78. The van der Waals surface area contributed by atoms with Crippen molar-refractivity contribution in [3.63, 3.8) is 0 Å². The highest BCUT2D eigenvalue weighted by atomic mass is 16.8. The predicted octanol–water partition coefficient (Wildman–Crippen LogP) is 2.81. The molecule has 0 aromatic heterocycles. The molecule has 1 saturated carbocycles. The first-order chi connectivity index (χ1) is 10.9. The van der Waals surface area contributed by atoms with Crippen LogP contribution in [0, 0.1) is 11.8 Å². The van der Waals surface area contributed by atoms with Crippen molar-refractivity contribution in [2.24, 2.45) is 11.8 Å². The van der Waals surface area contributed by atoms with Gasteiger partial charge in [0.2, 0.25) is 0 Å². The Bertz CT molecular complexity index is 524. The lowest BCUT2D eigenvalue weighted by molar-refractivity contribution is -0.155. The molecule has 1 aliphatic carbocycles. The van der Waals surface area contributed by atoms with Gasteiger partial charge in [-0.25, -0.2) is 4.79 Å². The van der Waals surface area contributed by atoms with E-state index in [-0.39, 0.29) is 17.9 Å². The van der Waals surface area contributed by atoms with Gasteiger partial charge in [-0.2, -0.15) is 0 Å². The van der Waals surface area contributed by atoms with Crippen LogP contribution in [0.25, 0.3) is 0 Å². The number of alkyl carbamates (subject to hydrolysis) is 1. The second kappa shape index (κ2) is 6.15. The molecule has 6 nitrogen and oxygen atoms in total. The minimum atomic E-state index is -1.25. The van der Waals surface area contributed by atoms with E-state index in [0.29, 0.717) is 6.42 Å². The summed E-state index contributed by atoms with van der Waals surface area (Å²) < 4.78 is 17.4. The van der Waals surface area contributed by atoms with Crippen molar-refractivity contribution in [3.8, 4) is 0 Å². The maximum Gasteiger partial charge on any atom is 0.408 e. The number of aldehydes is 1. The van der Waals surface area contributed by atoms with Gasteiger partial charge in [-0.15, -0.1) is 6.58 Å². The Morgan fingerprint density at radius 1 is 1.33 bits per heavy atom. The number of nitrogens with one attached hydrogen (secondary N) is 1. The topological polar surface area (TPSA) is 73.9 Å². The molecule has 1 N–H and O–H groups in total. The van der Waals surface area contributed by atoms with Gasteiger partial charge in [0.05, 0.1) is 6.10 Å². The van der Waals surface area contributed by atoms with E-state index < -0.39 is 29.1 Å². The predicted molar refractivity (Wildman–Crippen MR) is 89.5 cm³/mol. The molecule has 0 spiro atoms. The van der Waals surface area contributed by atoms with E-state index in [0.717, 1.165) is 6.29 Å². The van der Waals surface area contributed by atoms with E-state index >= 15 is 0 Å². The summed E-state index contributed by atoms with van der Waals surface area (Å²) in [5.74, 6) is -0.909. The fraction of sp³-hybridized carbons (Fsp3) is 0.778. The quantitative estimate of drug-likeness (QED) is 0.632. The molecule has 0 aromatic rings. The van der Waals surface area contributed by atoms with Crippen LogP contribution in [0.2, 0.25) is 0 Å². The van der Waals surface area contributed by atoms with Crippen molar-refractivity contribution in [1.29, 1.82) is 0 Å². The van der Waals surface area contributed by atoms with Crippen LogP contribution >= 0.6 is 0 Å². The molecule has 2 aliphatic rings. The lowest BCUT2D eigenvalue weighted by atomic mass is 9.66. The van der Waals surface area contributed by atoms with Crippen LogP contribution in [-0.2, 0) is 19.0 Å². The molecule has 1 amide bonds. The molecule has 1 heterocycles. The molecular weight excluding hydrogens is 310 g/mol. The third-order valence-electron chi connectivity index (χ3n) is 4.60. The maximum absolute atomic E-state index is 12.4. The number of ether oxygens (including phenoxy) is 3. The van der Waals surface area contributed by atoms with Gasteiger partial charge in [-0.1, -0.05) is 13.0 Å². The standard InChI is InChI=1S/C18H29NO5/c1-8-12-9-11(2)13-14(23-17(6,7)22-13)18(12,10-20)19-15(21)24-16(3,4)5/h8,10-14H,1,9H2,2-7H3,(H,19,21)/t11-,12+,13-,14-,18-/m1/s1. The zero-order valence-corrected chi connectivity index (χ0v) is 15.4. The number of carbonyl (C=O) groups excluding carboxylic acids is 2. The molecule has 1 aliphatic heterocycles. The van der Waals surface area contributed by atoms with Crippen molar-refractivity contribution in [1.82, 2.24) is 5.32 Å². The number of hydrogen-bond acceptors (Lipinski definition) is 5. The maximum atomic E-state index is 12.4. The van der Waals surface area contributed by atoms with Crippen LogP contribution in [0.3, 0.4) is 0 Å². The van der Waals surface area contributed by atoms with Gasteiger partial charge in [0.25, 0.3) is 0 Å². The minimum Gasteiger partial charge on any atom is -0.444 e. The third-order valence-corrected chi connectivity index (χ3v) is 4.60. The van der Waals surface area contributed by atoms with Gasteiger partial charge in [0, 0.05) is 5.92 Å². The summed E-state index contributed by atoms with van der Waals surface area (Å²) in [5, 5.41) is 2.76. The fourth-order valence-electron chi connectivity index (χ4n) is 3.63. The van der Waals surface area contributed by atoms with Crippen molar-refractivity contribution in [2.45, 2.75) is 77.1 Å². The van der Waals surface area contributed by atoms with Crippen LogP contribution in [0.5, 0.6) is 0 Å². The summed E-state index contributed by atoms with van der Waals surface area (Å²) in [6, 6.07) is 0. The van der Waals surface area contributed by atoms with E-state index in [9.17, 15) is 9.59 Å². The Morgan fingerprint density at radius 3 is 2.46 bits per heavy atom. The summed E-state index contributed by atoms with van der Waals surface area (Å²) in [5.41, 5.74) is -1.92. The lowest BCUT2D eigenvalue weighted by Crippen LogP contribution is -2.68. The van der Waals surface area contributed by atoms with Crippen molar-refractivity contribution < 1.29 is 23.8 Å².